The second kappa shape index (κ2) is 7.36. The van der Waals surface area contributed by atoms with Crippen molar-refractivity contribution in [3.05, 3.63) is 64.7 Å². The Kier molecular flexibility index (Phi) is 4.98. The third-order valence-electron chi connectivity index (χ3n) is 5.66. The first-order chi connectivity index (χ1) is 12.3. The number of nitrogens with one attached hydrogen (secondary N) is 1. The first-order valence-electron chi connectivity index (χ1n) is 9.11. The Morgan fingerprint density at radius 2 is 2.08 bits per heavy atom. The summed E-state index contributed by atoms with van der Waals surface area (Å²) in [6.07, 6.45) is 2.49. The maximum Gasteiger partial charge on any atom is 0.119 e. The van der Waals surface area contributed by atoms with Gasteiger partial charge in [-0.3, -0.25) is 4.90 Å². The van der Waals surface area contributed by atoms with Crippen molar-refractivity contribution in [2.75, 3.05) is 20.2 Å². The molecule has 0 amide bonds. The minimum absolute atomic E-state index is 0.489. The van der Waals surface area contributed by atoms with Gasteiger partial charge in [0.15, 0.2) is 0 Å². The standard InChI is InChI=1S/C21H25ClN2O/c1-25-17-8-4-7-15(12-17)18-14-24(20-10-5-11-23-21(18)20)13-16-6-2-3-9-19(16)22/h2-4,6-9,12,18,20-21,23H,5,10-11,13-14H2,1H3/t18-,20-,21-/m1/s1. The molecule has 2 saturated heterocycles. The molecule has 2 fully saturated rings. The number of hydrogen-bond donors (Lipinski definition) is 1. The van der Waals surface area contributed by atoms with E-state index in [0.717, 1.165) is 30.4 Å². The molecule has 2 aromatic rings. The van der Waals surface area contributed by atoms with Crippen LogP contribution in [0.15, 0.2) is 48.5 Å². The van der Waals surface area contributed by atoms with E-state index in [0.29, 0.717) is 18.0 Å². The van der Waals surface area contributed by atoms with Crippen LogP contribution in [0.1, 0.15) is 29.9 Å². The lowest BCUT2D eigenvalue weighted by atomic mass is 9.87. The van der Waals surface area contributed by atoms with Crippen molar-refractivity contribution in [3.8, 4) is 5.75 Å². The predicted molar refractivity (Wildman–Crippen MR) is 102 cm³/mol. The van der Waals surface area contributed by atoms with E-state index in [9.17, 15) is 0 Å². The van der Waals surface area contributed by atoms with Crippen LogP contribution in [0.25, 0.3) is 0 Å². The molecule has 0 aromatic heterocycles. The number of fused-ring (bicyclic) bond motifs is 1. The molecule has 4 rings (SSSR count). The van der Waals surface area contributed by atoms with Crippen LogP contribution in [0.5, 0.6) is 5.75 Å². The number of benzene rings is 2. The van der Waals surface area contributed by atoms with Gasteiger partial charge in [-0.15, -0.1) is 0 Å². The second-order valence-corrected chi connectivity index (χ2v) is 7.50. The van der Waals surface area contributed by atoms with E-state index in [4.69, 9.17) is 16.3 Å². The molecule has 0 saturated carbocycles. The Hall–Kier alpha value is -1.55. The van der Waals surface area contributed by atoms with Gasteiger partial charge < -0.3 is 10.1 Å². The molecule has 0 bridgehead atoms. The maximum absolute atomic E-state index is 6.41. The van der Waals surface area contributed by atoms with E-state index in [1.165, 1.54) is 24.0 Å². The van der Waals surface area contributed by atoms with Crippen molar-refractivity contribution in [3.63, 3.8) is 0 Å². The van der Waals surface area contributed by atoms with Crippen LogP contribution < -0.4 is 10.1 Å². The lowest BCUT2D eigenvalue weighted by Gasteiger charge is -2.33. The van der Waals surface area contributed by atoms with E-state index in [-0.39, 0.29) is 0 Å². The van der Waals surface area contributed by atoms with Gasteiger partial charge >= 0.3 is 0 Å². The molecule has 0 radical (unpaired) electrons. The van der Waals surface area contributed by atoms with E-state index in [1.54, 1.807) is 7.11 Å². The Labute approximate surface area is 154 Å². The van der Waals surface area contributed by atoms with Crippen LogP contribution >= 0.6 is 11.6 Å². The van der Waals surface area contributed by atoms with Crippen molar-refractivity contribution >= 4 is 11.6 Å². The highest BCUT2D eigenvalue weighted by Gasteiger charge is 2.43. The van der Waals surface area contributed by atoms with Gasteiger partial charge in [-0.2, -0.15) is 0 Å². The van der Waals surface area contributed by atoms with Crippen LogP contribution in [-0.4, -0.2) is 37.2 Å². The monoisotopic (exact) mass is 356 g/mol. The van der Waals surface area contributed by atoms with E-state index >= 15 is 0 Å². The summed E-state index contributed by atoms with van der Waals surface area (Å²) >= 11 is 6.41. The Morgan fingerprint density at radius 3 is 2.92 bits per heavy atom. The fraction of sp³-hybridized carbons (Fsp3) is 0.429. The maximum atomic E-state index is 6.41. The molecule has 2 aliphatic rings. The number of ether oxygens (including phenoxy) is 1. The van der Waals surface area contributed by atoms with Crippen molar-refractivity contribution in [1.82, 2.24) is 10.2 Å². The third kappa shape index (κ3) is 3.41. The molecule has 3 nitrogen and oxygen atoms in total. The topological polar surface area (TPSA) is 24.5 Å². The second-order valence-electron chi connectivity index (χ2n) is 7.09. The van der Waals surface area contributed by atoms with Gasteiger partial charge in [0.05, 0.1) is 7.11 Å². The van der Waals surface area contributed by atoms with Crippen molar-refractivity contribution in [2.45, 2.75) is 37.4 Å². The van der Waals surface area contributed by atoms with Gasteiger partial charge in [0.2, 0.25) is 0 Å². The Bertz CT molecular complexity index is 735. The SMILES string of the molecule is COc1cccc([C@H]2CN(Cc3ccccc3Cl)[C@@H]3CCCN[C@H]23)c1. The van der Waals surface area contributed by atoms with E-state index < -0.39 is 0 Å². The number of likely N-dealkylation sites (tertiary alicyclic amines) is 1. The minimum Gasteiger partial charge on any atom is -0.497 e. The van der Waals surface area contributed by atoms with Crippen LogP contribution in [-0.2, 0) is 6.54 Å². The lowest BCUT2D eigenvalue weighted by Crippen LogP contribution is -2.48. The van der Waals surface area contributed by atoms with Crippen LogP contribution in [0.3, 0.4) is 0 Å². The van der Waals surface area contributed by atoms with Gasteiger partial charge in [-0.1, -0.05) is 41.9 Å². The summed E-state index contributed by atoms with van der Waals surface area (Å²) in [5, 5.41) is 4.65. The molecule has 2 aromatic carbocycles. The first-order valence-corrected chi connectivity index (χ1v) is 9.49. The fourth-order valence-corrected chi connectivity index (χ4v) is 4.62. The molecule has 2 aliphatic heterocycles. The number of rotatable bonds is 4. The summed E-state index contributed by atoms with van der Waals surface area (Å²) in [6.45, 7) is 3.09. The largest absolute Gasteiger partial charge is 0.497 e. The Balaban J connectivity index is 1.60. The highest BCUT2D eigenvalue weighted by atomic mass is 35.5. The molecule has 3 atom stereocenters. The molecule has 0 unspecified atom stereocenters. The lowest BCUT2D eigenvalue weighted by molar-refractivity contribution is 0.194. The number of piperidine rings is 1. The van der Waals surface area contributed by atoms with Gasteiger partial charge in [-0.05, 0) is 48.7 Å². The smallest absolute Gasteiger partial charge is 0.119 e. The zero-order chi connectivity index (χ0) is 17.2. The highest BCUT2D eigenvalue weighted by molar-refractivity contribution is 6.31. The molecule has 25 heavy (non-hydrogen) atoms. The average molecular weight is 357 g/mol. The zero-order valence-corrected chi connectivity index (χ0v) is 15.4. The van der Waals surface area contributed by atoms with Crippen LogP contribution in [0.4, 0.5) is 0 Å². The summed E-state index contributed by atoms with van der Waals surface area (Å²) in [6, 6.07) is 17.8. The summed E-state index contributed by atoms with van der Waals surface area (Å²) in [5.41, 5.74) is 2.59. The number of halogens is 1. The molecular formula is C21H25ClN2O. The molecule has 1 N–H and O–H groups in total. The van der Waals surface area contributed by atoms with Crippen molar-refractivity contribution < 1.29 is 4.74 Å². The molecule has 4 heteroatoms. The number of nitrogens with zero attached hydrogens (tertiary/aromatic N) is 1. The third-order valence-corrected chi connectivity index (χ3v) is 6.03. The van der Waals surface area contributed by atoms with Gasteiger partial charge in [-0.25, -0.2) is 0 Å². The van der Waals surface area contributed by atoms with Crippen molar-refractivity contribution in [1.29, 1.82) is 0 Å². The Morgan fingerprint density at radius 1 is 1.20 bits per heavy atom. The van der Waals surface area contributed by atoms with Crippen LogP contribution in [0, 0.1) is 0 Å². The summed E-state index contributed by atoms with van der Waals surface area (Å²) in [4.78, 5) is 2.61. The summed E-state index contributed by atoms with van der Waals surface area (Å²) in [7, 11) is 1.74. The van der Waals surface area contributed by atoms with Gasteiger partial charge in [0, 0.05) is 36.1 Å². The average Bonchev–Trinajstić information content (AvgIpc) is 3.02. The zero-order valence-electron chi connectivity index (χ0n) is 14.6. The molecule has 132 valence electrons. The fourth-order valence-electron chi connectivity index (χ4n) is 4.43. The minimum atomic E-state index is 0.489. The summed E-state index contributed by atoms with van der Waals surface area (Å²) < 4.78 is 5.44. The predicted octanol–water partition coefficient (Wildman–Crippen LogP) is 4.07. The number of hydrogen-bond acceptors (Lipinski definition) is 3. The highest BCUT2D eigenvalue weighted by Crippen LogP contribution is 2.38. The van der Waals surface area contributed by atoms with Crippen LogP contribution in [0.2, 0.25) is 5.02 Å². The number of methoxy groups -OCH3 is 1. The molecular weight excluding hydrogens is 332 g/mol. The van der Waals surface area contributed by atoms with E-state index in [2.05, 4.69) is 40.5 Å². The van der Waals surface area contributed by atoms with Gasteiger partial charge in [0.1, 0.15) is 5.75 Å². The molecule has 0 aliphatic carbocycles. The normalized spacial score (nSPS) is 26.4. The van der Waals surface area contributed by atoms with Gasteiger partial charge in [0.25, 0.3) is 0 Å². The molecule has 2 heterocycles. The van der Waals surface area contributed by atoms with E-state index in [1.807, 2.05) is 18.2 Å². The van der Waals surface area contributed by atoms with Crippen molar-refractivity contribution in [2.24, 2.45) is 0 Å². The molecule has 0 spiro atoms. The first kappa shape index (κ1) is 16.9. The quantitative estimate of drug-likeness (QED) is 0.893. The summed E-state index contributed by atoms with van der Waals surface area (Å²) in [5.74, 6) is 1.43.